The van der Waals surface area contributed by atoms with Gasteiger partial charge in [0.1, 0.15) is 0 Å². The van der Waals surface area contributed by atoms with Gasteiger partial charge >= 0.3 is 0 Å². The van der Waals surface area contributed by atoms with E-state index >= 15 is 0 Å². The summed E-state index contributed by atoms with van der Waals surface area (Å²) >= 11 is 7.57. The second kappa shape index (κ2) is 11.7. The Labute approximate surface area is 173 Å². The zero-order chi connectivity index (χ0) is 16.7. The van der Waals surface area contributed by atoms with Gasteiger partial charge in [-0.1, -0.05) is 24.9 Å². The molecule has 0 aliphatic heterocycles. The molecule has 138 valence electrons. The summed E-state index contributed by atoms with van der Waals surface area (Å²) in [6, 6.07) is 4.37. The minimum Gasteiger partial charge on any atom is -0.356 e. The van der Waals surface area contributed by atoms with Gasteiger partial charge in [0.05, 0.1) is 4.34 Å². The molecule has 1 saturated carbocycles. The molecule has 0 radical (unpaired) electrons. The zero-order valence-electron chi connectivity index (χ0n) is 14.2. The number of nitrogens with zero attached hydrogens (tertiary/aromatic N) is 1. The molecule has 1 aromatic rings. The maximum atomic E-state index is 12.0. The minimum atomic E-state index is -0.690. The Morgan fingerprint density at radius 3 is 2.88 bits per heavy atom. The fourth-order valence-electron chi connectivity index (χ4n) is 2.93. The van der Waals surface area contributed by atoms with Gasteiger partial charge in [-0.15, -0.1) is 35.3 Å². The van der Waals surface area contributed by atoms with E-state index in [9.17, 15) is 4.21 Å². The minimum absolute atomic E-state index is 0. The summed E-state index contributed by atoms with van der Waals surface area (Å²) in [5.74, 6) is 1.59. The van der Waals surface area contributed by atoms with E-state index in [-0.39, 0.29) is 24.0 Å². The lowest BCUT2D eigenvalue weighted by Gasteiger charge is -2.30. The fourth-order valence-corrected chi connectivity index (χ4v) is 5.36. The summed E-state index contributed by atoms with van der Waals surface area (Å²) < 4.78 is 12.9. The number of guanidine groups is 1. The molecule has 1 aliphatic rings. The lowest BCUT2D eigenvalue weighted by atomic mass is 9.95. The predicted octanol–water partition coefficient (Wildman–Crippen LogP) is 3.81. The van der Waals surface area contributed by atoms with Gasteiger partial charge in [-0.25, -0.2) is 0 Å². The number of aliphatic imine (C=N–C) groups is 1. The number of hydrogen-bond donors (Lipinski definition) is 2. The molecular weight excluding hydrogens is 477 g/mol. The maximum absolute atomic E-state index is 12.0. The van der Waals surface area contributed by atoms with Crippen LogP contribution in [0.25, 0.3) is 0 Å². The molecule has 4 nitrogen and oxygen atoms in total. The van der Waals surface area contributed by atoms with Crippen LogP contribution in [0.5, 0.6) is 0 Å². The van der Waals surface area contributed by atoms with Crippen LogP contribution in [0.4, 0.5) is 0 Å². The van der Waals surface area contributed by atoms with E-state index < -0.39 is 10.8 Å². The van der Waals surface area contributed by atoms with Crippen molar-refractivity contribution in [1.82, 2.24) is 10.6 Å². The quantitative estimate of drug-likeness (QED) is 0.353. The van der Waals surface area contributed by atoms with Gasteiger partial charge in [0.15, 0.2) is 5.96 Å². The van der Waals surface area contributed by atoms with Gasteiger partial charge < -0.3 is 10.6 Å². The molecule has 0 aromatic carbocycles. The molecule has 1 aliphatic carbocycles. The number of nitrogens with one attached hydrogen (secondary N) is 2. The van der Waals surface area contributed by atoms with E-state index in [1.54, 1.807) is 18.4 Å². The van der Waals surface area contributed by atoms with Crippen LogP contribution in [0.15, 0.2) is 17.1 Å². The highest BCUT2D eigenvalue weighted by molar-refractivity contribution is 14.0. The molecule has 0 saturated heterocycles. The first kappa shape index (κ1) is 22.2. The summed E-state index contributed by atoms with van der Waals surface area (Å²) in [4.78, 5) is 5.58. The topological polar surface area (TPSA) is 53.5 Å². The van der Waals surface area contributed by atoms with Gasteiger partial charge in [0.2, 0.25) is 0 Å². The molecule has 0 bridgehead atoms. The third kappa shape index (κ3) is 7.17. The highest BCUT2D eigenvalue weighted by Gasteiger charge is 2.25. The van der Waals surface area contributed by atoms with Crippen molar-refractivity contribution >= 4 is 63.7 Å². The number of hydrogen-bond acceptors (Lipinski definition) is 3. The molecule has 2 rings (SSSR count). The van der Waals surface area contributed by atoms with Gasteiger partial charge in [0.25, 0.3) is 0 Å². The van der Waals surface area contributed by atoms with E-state index in [1.807, 2.05) is 13.0 Å². The van der Waals surface area contributed by atoms with Crippen molar-refractivity contribution in [3.05, 3.63) is 21.3 Å². The predicted molar refractivity (Wildman–Crippen MR) is 118 cm³/mol. The fraction of sp³-hybridized carbons (Fsp3) is 0.688. The Balaban J connectivity index is 0.00000288. The van der Waals surface area contributed by atoms with Gasteiger partial charge in [-0.3, -0.25) is 9.20 Å². The van der Waals surface area contributed by atoms with Crippen LogP contribution in [0.3, 0.4) is 0 Å². The van der Waals surface area contributed by atoms with Crippen molar-refractivity contribution in [2.75, 3.05) is 19.3 Å². The third-order valence-corrected chi connectivity index (χ3v) is 7.17. The first-order chi connectivity index (χ1) is 11.1. The van der Waals surface area contributed by atoms with Crippen molar-refractivity contribution in [1.29, 1.82) is 0 Å². The van der Waals surface area contributed by atoms with Crippen LogP contribution in [0.2, 0.25) is 4.34 Å². The lowest BCUT2D eigenvalue weighted by molar-refractivity contribution is 0.413. The highest BCUT2D eigenvalue weighted by atomic mass is 127. The van der Waals surface area contributed by atoms with Crippen molar-refractivity contribution in [2.45, 2.75) is 50.3 Å². The molecule has 0 spiro atoms. The van der Waals surface area contributed by atoms with E-state index in [0.717, 1.165) is 54.7 Å². The second-order valence-corrected chi connectivity index (χ2v) is 9.56. The Morgan fingerprint density at radius 2 is 2.25 bits per heavy atom. The summed E-state index contributed by atoms with van der Waals surface area (Å²) in [6.07, 6.45) is 5.26. The first-order valence-electron chi connectivity index (χ1n) is 8.21. The molecule has 1 heterocycles. The van der Waals surface area contributed by atoms with Gasteiger partial charge in [-0.2, -0.15) is 0 Å². The van der Waals surface area contributed by atoms with Crippen LogP contribution in [0.1, 0.15) is 37.5 Å². The Bertz CT molecular complexity index is 553. The molecule has 3 unspecified atom stereocenters. The Hall–Kier alpha value is 0.140. The Morgan fingerprint density at radius 1 is 1.46 bits per heavy atom. The zero-order valence-corrected chi connectivity index (χ0v) is 18.9. The summed E-state index contributed by atoms with van der Waals surface area (Å²) in [6.45, 7) is 2.83. The van der Waals surface area contributed by atoms with Gasteiger partial charge in [0, 0.05) is 46.3 Å². The molecule has 2 N–H and O–H groups in total. The molecular formula is C16H27ClIN3OS2. The van der Waals surface area contributed by atoms with Crippen LogP contribution in [-0.2, 0) is 17.2 Å². The average molecular weight is 504 g/mol. The van der Waals surface area contributed by atoms with Crippen molar-refractivity contribution in [3.63, 3.8) is 0 Å². The number of rotatable bonds is 6. The number of thiophene rings is 1. The van der Waals surface area contributed by atoms with Crippen LogP contribution in [-0.4, -0.2) is 40.8 Å². The van der Waals surface area contributed by atoms with E-state index in [4.69, 9.17) is 11.6 Å². The molecule has 8 heteroatoms. The maximum Gasteiger partial charge on any atom is 0.191 e. The standard InChI is InChI=1S/C16H26ClN3OS2.HI/c1-3-23(21)14-6-4-5-12(11-14)20-16(18-2)19-10-9-13-7-8-15(17)22-13;/h7-8,12,14H,3-6,9-11H2,1-2H3,(H2,18,19,20);1H. The summed E-state index contributed by atoms with van der Waals surface area (Å²) in [5.41, 5.74) is 0. The summed E-state index contributed by atoms with van der Waals surface area (Å²) in [5, 5.41) is 7.18. The van der Waals surface area contributed by atoms with E-state index in [1.165, 1.54) is 4.88 Å². The molecule has 1 aromatic heterocycles. The van der Waals surface area contributed by atoms with E-state index in [0.29, 0.717) is 11.3 Å². The smallest absolute Gasteiger partial charge is 0.191 e. The highest BCUT2D eigenvalue weighted by Crippen LogP contribution is 2.23. The van der Waals surface area contributed by atoms with Crippen LogP contribution < -0.4 is 10.6 Å². The lowest BCUT2D eigenvalue weighted by Crippen LogP contribution is -2.47. The SMILES string of the molecule is CCS(=O)C1CCCC(NC(=NC)NCCc2ccc(Cl)s2)C1.I. The normalized spacial score (nSPS) is 22.5. The molecule has 1 fully saturated rings. The first-order valence-corrected chi connectivity index (χ1v) is 10.8. The Kier molecular flexibility index (Phi) is 10.8. The summed E-state index contributed by atoms with van der Waals surface area (Å²) in [7, 11) is 1.10. The van der Waals surface area contributed by atoms with Crippen molar-refractivity contribution in [2.24, 2.45) is 4.99 Å². The second-order valence-electron chi connectivity index (χ2n) is 5.75. The molecule has 24 heavy (non-hydrogen) atoms. The molecule has 3 atom stereocenters. The number of halogens is 2. The van der Waals surface area contributed by atoms with Gasteiger partial charge in [-0.05, 0) is 37.8 Å². The van der Waals surface area contributed by atoms with Crippen molar-refractivity contribution in [3.8, 4) is 0 Å². The van der Waals surface area contributed by atoms with Crippen molar-refractivity contribution < 1.29 is 4.21 Å². The molecule has 0 amide bonds. The van der Waals surface area contributed by atoms with Crippen LogP contribution in [0, 0.1) is 0 Å². The van der Waals surface area contributed by atoms with E-state index in [2.05, 4.69) is 21.7 Å². The van der Waals surface area contributed by atoms with Crippen LogP contribution >= 0.6 is 46.9 Å². The monoisotopic (exact) mass is 503 g/mol. The average Bonchev–Trinajstić information content (AvgIpc) is 2.98. The largest absolute Gasteiger partial charge is 0.356 e. The third-order valence-electron chi connectivity index (χ3n) is 4.14.